The van der Waals surface area contributed by atoms with Crippen LogP contribution < -0.4 is 4.90 Å². The number of anilines is 1. The molecule has 2 saturated heterocycles. The molecular formula is C20H27ClN4O3. The minimum absolute atomic E-state index is 0.0818. The van der Waals surface area contributed by atoms with Crippen molar-refractivity contribution in [2.24, 2.45) is 5.92 Å². The number of carbonyl (C=O) groups is 2. The first kappa shape index (κ1) is 19.5. The third-order valence-electron chi connectivity index (χ3n) is 5.94. The molecule has 0 radical (unpaired) electrons. The van der Waals surface area contributed by atoms with Gasteiger partial charge in [-0.15, -0.1) is 0 Å². The second-order valence-corrected chi connectivity index (χ2v) is 8.25. The zero-order chi connectivity index (χ0) is 19.5. The van der Waals surface area contributed by atoms with E-state index in [2.05, 4.69) is 4.98 Å². The highest BCUT2D eigenvalue weighted by atomic mass is 35.5. The summed E-state index contributed by atoms with van der Waals surface area (Å²) in [5.74, 6) is 1.28. The molecule has 0 aromatic carbocycles. The van der Waals surface area contributed by atoms with E-state index in [1.807, 2.05) is 9.80 Å². The Labute approximate surface area is 170 Å². The number of hydrogen-bond acceptors (Lipinski definition) is 5. The van der Waals surface area contributed by atoms with Crippen LogP contribution >= 0.6 is 11.6 Å². The molecule has 4 rings (SSSR count). The number of nitrogens with zero attached hydrogens (tertiary/aromatic N) is 4. The zero-order valence-electron chi connectivity index (χ0n) is 16.1. The van der Waals surface area contributed by atoms with Crippen LogP contribution in [-0.4, -0.2) is 79.1 Å². The molecule has 3 fully saturated rings. The molecule has 0 N–H and O–H groups in total. The summed E-state index contributed by atoms with van der Waals surface area (Å²) >= 11 is 6.44. The number of rotatable bonds is 4. The van der Waals surface area contributed by atoms with Crippen molar-refractivity contribution in [3.63, 3.8) is 0 Å². The molecule has 0 atom stereocenters. The average molecular weight is 407 g/mol. The van der Waals surface area contributed by atoms with Gasteiger partial charge in [-0.05, 0) is 24.8 Å². The second-order valence-electron chi connectivity index (χ2n) is 7.85. The number of carbonyl (C=O) groups excluding carboxylic acids is 2. The fraction of sp³-hybridized carbons (Fsp3) is 0.650. The van der Waals surface area contributed by atoms with Crippen molar-refractivity contribution in [1.29, 1.82) is 0 Å². The third kappa shape index (κ3) is 4.25. The number of halogens is 1. The van der Waals surface area contributed by atoms with E-state index in [1.54, 1.807) is 17.2 Å². The highest BCUT2D eigenvalue weighted by Crippen LogP contribution is 2.28. The van der Waals surface area contributed by atoms with E-state index in [0.717, 1.165) is 6.54 Å². The van der Waals surface area contributed by atoms with Gasteiger partial charge in [0.2, 0.25) is 5.91 Å². The lowest BCUT2D eigenvalue weighted by Gasteiger charge is -2.36. The van der Waals surface area contributed by atoms with E-state index in [1.165, 1.54) is 25.7 Å². The molecule has 28 heavy (non-hydrogen) atoms. The zero-order valence-corrected chi connectivity index (χ0v) is 16.9. The Morgan fingerprint density at radius 3 is 2.61 bits per heavy atom. The van der Waals surface area contributed by atoms with Gasteiger partial charge in [0.1, 0.15) is 5.82 Å². The smallest absolute Gasteiger partial charge is 0.255 e. The molecule has 152 valence electrons. The number of pyridine rings is 1. The fourth-order valence-electron chi connectivity index (χ4n) is 4.32. The normalized spacial score (nSPS) is 21.5. The van der Waals surface area contributed by atoms with Gasteiger partial charge >= 0.3 is 0 Å². The number of piperazine rings is 1. The molecule has 2 amide bonds. The number of hydrogen-bond donors (Lipinski definition) is 0. The molecular weight excluding hydrogens is 380 g/mol. The van der Waals surface area contributed by atoms with Crippen molar-refractivity contribution in [1.82, 2.24) is 14.8 Å². The summed E-state index contributed by atoms with van der Waals surface area (Å²) in [5, 5.41) is 0.413. The maximum Gasteiger partial charge on any atom is 0.255 e. The Balaban J connectivity index is 1.39. The number of morpholine rings is 1. The number of aromatic nitrogens is 1. The van der Waals surface area contributed by atoms with Gasteiger partial charge in [0.05, 0.1) is 30.3 Å². The lowest BCUT2D eigenvalue weighted by molar-refractivity contribution is -0.131. The first-order valence-corrected chi connectivity index (χ1v) is 10.5. The van der Waals surface area contributed by atoms with Crippen LogP contribution in [0.2, 0.25) is 5.02 Å². The summed E-state index contributed by atoms with van der Waals surface area (Å²) in [6, 6.07) is 1.66. The Bertz CT molecular complexity index is 732. The second kappa shape index (κ2) is 8.66. The van der Waals surface area contributed by atoms with E-state index in [0.29, 0.717) is 61.7 Å². The summed E-state index contributed by atoms with van der Waals surface area (Å²) < 4.78 is 5.29. The van der Waals surface area contributed by atoms with Crippen LogP contribution in [0.15, 0.2) is 12.3 Å². The molecule has 1 aromatic heterocycles. The van der Waals surface area contributed by atoms with Crippen LogP contribution in [-0.2, 0) is 9.53 Å². The number of ether oxygens (including phenoxy) is 1. The van der Waals surface area contributed by atoms with Gasteiger partial charge < -0.3 is 19.4 Å². The molecule has 1 aliphatic carbocycles. The molecule has 0 unspecified atom stereocenters. The SMILES string of the molecule is O=C1CN(c2ncc(C(=O)N3CCOCC3)cc2Cl)CCN1CC1CCCC1. The molecule has 1 aromatic rings. The van der Waals surface area contributed by atoms with Crippen LogP contribution in [0.4, 0.5) is 5.82 Å². The quantitative estimate of drug-likeness (QED) is 0.765. The largest absolute Gasteiger partial charge is 0.378 e. The number of amides is 2. The fourth-order valence-corrected chi connectivity index (χ4v) is 4.60. The van der Waals surface area contributed by atoms with Gasteiger partial charge in [-0.1, -0.05) is 24.4 Å². The van der Waals surface area contributed by atoms with E-state index < -0.39 is 0 Å². The molecule has 0 spiro atoms. The Hall–Kier alpha value is -1.86. The summed E-state index contributed by atoms with van der Waals surface area (Å²) in [6.45, 7) is 4.84. The van der Waals surface area contributed by atoms with E-state index in [9.17, 15) is 9.59 Å². The van der Waals surface area contributed by atoms with Crippen molar-refractivity contribution < 1.29 is 14.3 Å². The van der Waals surface area contributed by atoms with Gasteiger partial charge in [0.25, 0.3) is 5.91 Å². The molecule has 7 nitrogen and oxygen atoms in total. The monoisotopic (exact) mass is 406 g/mol. The van der Waals surface area contributed by atoms with Gasteiger partial charge in [0.15, 0.2) is 0 Å². The highest BCUT2D eigenvalue weighted by molar-refractivity contribution is 6.33. The first-order chi connectivity index (χ1) is 13.6. The van der Waals surface area contributed by atoms with E-state index in [4.69, 9.17) is 16.3 Å². The Morgan fingerprint density at radius 2 is 1.93 bits per heavy atom. The lowest BCUT2D eigenvalue weighted by atomic mass is 10.1. The van der Waals surface area contributed by atoms with Crippen LogP contribution in [0.25, 0.3) is 0 Å². The lowest BCUT2D eigenvalue weighted by Crippen LogP contribution is -2.51. The topological polar surface area (TPSA) is 66.0 Å². The van der Waals surface area contributed by atoms with Crippen LogP contribution in [0.5, 0.6) is 0 Å². The van der Waals surface area contributed by atoms with Crippen LogP contribution in [0.1, 0.15) is 36.0 Å². The van der Waals surface area contributed by atoms with Crippen molar-refractivity contribution in [3.8, 4) is 0 Å². The van der Waals surface area contributed by atoms with Gasteiger partial charge in [0, 0.05) is 38.9 Å². The van der Waals surface area contributed by atoms with Crippen molar-refractivity contribution in [3.05, 3.63) is 22.8 Å². The van der Waals surface area contributed by atoms with Crippen molar-refractivity contribution in [2.45, 2.75) is 25.7 Å². The minimum atomic E-state index is -0.0818. The summed E-state index contributed by atoms with van der Waals surface area (Å²) in [4.78, 5) is 35.3. The molecule has 0 bridgehead atoms. The third-order valence-corrected chi connectivity index (χ3v) is 6.22. The van der Waals surface area contributed by atoms with Crippen molar-refractivity contribution in [2.75, 3.05) is 57.4 Å². The summed E-state index contributed by atoms with van der Waals surface area (Å²) in [7, 11) is 0. The van der Waals surface area contributed by atoms with E-state index >= 15 is 0 Å². The van der Waals surface area contributed by atoms with Gasteiger partial charge in [-0.25, -0.2) is 4.98 Å². The molecule has 3 aliphatic rings. The first-order valence-electron chi connectivity index (χ1n) is 10.2. The Kier molecular flexibility index (Phi) is 6.01. The molecule has 3 heterocycles. The molecule has 1 saturated carbocycles. The maximum atomic E-state index is 12.6. The Morgan fingerprint density at radius 1 is 1.18 bits per heavy atom. The average Bonchev–Trinajstić information content (AvgIpc) is 3.23. The predicted molar refractivity (Wildman–Crippen MR) is 107 cm³/mol. The summed E-state index contributed by atoms with van der Waals surface area (Å²) in [6.07, 6.45) is 6.61. The van der Waals surface area contributed by atoms with Gasteiger partial charge in [-0.2, -0.15) is 0 Å². The summed E-state index contributed by atoms with van der Waals surface area (Å²) in [5.41, 5.74) is 0.474. The van der Waals surface area contributed by atoms with Crippen LogP contribution in [0.3, 0.4) is 0 Å². The standard InChI is InChI=1S/C20H27ClN4O3/c21-17-11-16(20(27)23-7-9-28-10-8-23)12-22-19(17)25-6-5-24(18(26)14-25)13-15-3-1-2-4-15/h11-12,15H,1-10,13-14H2. The predicted octanol–water partition coefficient (Wildman–Crippen LogP) is 2.05. The maximum absolute atomic E-state index is 12.6. The van der Waals surface area contributed by atoms with Gasteiger partial charge in [-0.3, -0.25) is 9.59 Å². The highest BCUT2D eigenvalue weighted by Gasteiger charge is 2.29. The molecule has 8 heteroatoms. The van der Waals surface area contributed by atoms with Crippen molar-refractivity contribution >= 4 is 29.2 Å². The molecule has 2 aliphatic heterocycles. The van der Waals surface area contributed by atoms with Crippen LogP contribution in [0, 0.1) is 5.92 Å². The van der Waals surface area contributed by atoms with E-state index in [-0.39, 0.29) is 18.4 Å². The minimum Gasteiger partial charge on any atom is -0.378 e.